The maximum atomic E-state index is 10.5. The molecule has 7 heteroatoms. The van der Waals surface area contributed by atoms with E-state index in [1.165, 1.54) is 17.3 Å². The first-order valence-corrected chi connectivity index (χ1v) is 4.17. The average Bonchev–Trinajstić information content (AvgIpc) is 2.62. The molecule has 0 saturated heterocycles. The largest absolute Gasteiger partial charge is 0.480 e. The van der Waals surface area contributed by atoms with Crippen LogP contribution < -0.4 is 4.90 Å². The fourth-order valence-corrected chi connectivity index (χ4v) is 1.13. The second-order valence-electron chi connectivity index (χ2n) is 3.00. The van der Waals surface area contributed by atoms with E-state index in [9.17, 15) is 4.79 Å². The Hall–Kier alpha value is -2.18. The summed E-state index contributed by atoms with van der Waals surface area (Å²) in [5.41, 5.74) is 1.03. The van der Waals surface area contributed by atoms with E-state index in [-0.39, 0.29) is 6.54 Å². The SMILES string of the molecule is CN(CC(=O)O)c1ncc2oncc2n1. The van der Waals surface area contributed by atoms with Gasteiger partial charge < -0.3 is 14.5 Å². The van der Waals surface area contributed by atoms with Crippen molar-refractivity contribution in [3.63, 3.8) is 0 Å². The van der Waals surface area contributed by atoms with Gasteiger partial charge in [0.2, 0.25) is 11.5 Å². The molecule has 7 nitrogen and oxygen atoms in total. The number of carbonyl (C=O) groups is 1. The smallest absolute Gasteiger partial charge is 0.323 e. The van der Waals surface area contributed by atoms with Crippen molar-refractivity contribution in [3.05, 3.63) is 12.4 Å². The minimum atomic E-state index is -0.938. The number of anilines is 1. The predicted octanol–water partition coefficient (Wildman–Crippen LogP) is 0.139. The van der Waals surface area contributed by atoms with Crippen LogP contribution in [0.3, 0.4) is 0 Å². The van der Waals surface area contributed by atoms with E-state index in [1.807, 2.05) is 0 Å². The molecule has 2 heterocycles. The zero-order valence-corrected chi connectivity index (χ0v) is 7.91. The van der Waals surface area contributed by atoms with E-state index in [2.05, 4.69) is 15.1 Å². The lowest BCUT2D eigenvalue weighted by Crippen LogP contribution is -2.26. The van der Waals surface area contributed by atoms with Crippen molar-refractivity contribution in [2.75, 3.05) is 18.5 Å². The quantitative estimate of drug-likeness (QED) is 0.766. The van der Waals surface area contributed by atoms with Crippen LogP contribution in [0.2, 0.25) is 0 Å². The minimum absolute atomic E-state index is 0.156. The van der Waals surface area contributed by atoms with Crippen LogP contribution in [-0.4, -0.2) is 39.8 Å². The fourth-order valence-electron chi connectivity index (χ4n) is 1.13. The topological polar surface area (TPSA) is 92.4 Å². The Morgan fingerprint density at radius 1 is 1.60 bits per heavy atom. The molecular weight excluding hydrogens is 200 g/mol. The van der Waals surface area contributed by atoms with E-state index in [1.54, 1.807) is 7.05 Å². The number of carboxylic acids is 1. The molecule has 0 amide bonds. The zero-order valence-electron chi connectivity index (χ0n) is 7.91. The van der Waals surface area contributed by atoms with Gasteiger partial charge in [-0.2, -0.15) is 0 Å². The molecule has 2 rings (SSSR count). The van der Waals surface area contributed by atoms with Crippen LogP contribution in [0, 0.1) is 0 Å². The van der Waals surface area contributed by atoms with Gasteiger partial charge in [0.25, 0.3) is 0 Å². The zero-order chi connectivity index (χ0) is 10.8. The summed E-state index contributed by atoms with van der Waals surface area (Å²) in [6, 6.07) is 0. The molecule has 1 N–H and O–H groups in total. The standard InChI is InChI=1S/C8H8N4O3/c1-12(4-7(13)14)8-9-3-6-5(11-8)2-10-15-6/h2-3H,4H2,1H3,(H,13,14). The number of rotatable bonds is 3. The Kier molecular flexibility index (Phi) is 2.20. The molecule has 0 bridgehead atoms. The predicted molar refractivity (Wildman–Crippen MR) is 50.5 cm³/mol. The van der Waals surface area contributed by atoms with Gasteiger partial charge in [0.05, 0.1) is 12.4 Å². The highest BCUT2D eigenvalue weighted by Gasteiger charge is 2.10. The Labute approximate surface area is 84.3 Å². The van der Waals surface area contributed by atoms with Crippen LogP contribution in [0.4, 0.5) is 5.95 Å². The lowest BCUT2D eigenvalue weighted by atomic mass is 10.5. The molecule has 0 spiro atoms. The van der Waals surface area contributed by atoms with Crippen LogP contribution in [0.1, 0.15) is 0 Å². The van der Waals surface area contributed by atoms with Crippen molar-refractivity contribution in [1.82, 2.24) is 15.1 Å². The molecule has 2 aromatic rings. The summed E-state index contributed by atoms with van der Waals surface area (Å²) in [5.74, 6) is -0.611. The molecule has 0 unspecified atom stereocenters. The maximum absolute atomic E-state index is 10.5. The normalized spacial score (nSPS) is 10.5. The van der Waals surface area contributed by atoms with Gasteiger partial charge in [-0.1, -0.05) is 5.16 Å². The summed E-state index contributed by atoms with van der Waals surface area (Å²) < 4.78 is 4.82. The van der Waals surface area contributed by atoms with Crippen molar-refractivity contribution in [1.29, 1.82) is 0 Å². The maximum Gasteiger partial charge on any atom is 0.323 e. The second-order valence-corrected chi connectivity index (χ2v) is 3.00. The molecule has 0 radical (unpaired) electrons. The first-order chi connectivity index (χ1) is 7.16. The number of likely N-dealkylation sites (N-methyl/N-ethyl adjacent to an activating group) is 1. The Balaban J connectivity index is 2.30. The third-order valence-corrected chi connectivity index (χ3v) is 1.81. The van der Waals surface area contributed by atoms with Crippen LogP contribution in [0.5, 0.6) is 0 Å². The molecule has 0 aromatic carbocycles. The number of aromatic nitrogens is 3. The van der Waals surface area contributed by atoms with Gasteiger partial charge >= 0.3 is 5.97 Å². The average molecular weight is 208 g/mol. The lowest BCUT2D eigenvalue weighted by molar-refractivity contribution is -0.135. The number of fused-ring (bicyclic) bond motifs is 1. The summed E-state index contributed by atoms with van der Waals surface area (Å²) in [7, 11) is 1.60. The lowest BCUT2D eigenvalue weighted by Gasteiger charge is -2.12. The third-order valence-electron chi connectivity index (χ3n) is 1.81. The highest BCUT2D eigenvalue weighted by Crippen LogP contribution is 2.12. The van der Waals surface area contributed by atoms with Crippen molar-refractivity contribution < 1.29 is 14.4 Å². The number of hydrogen-bond donors (Lipinski definition) is 1. The number of hydrogen-bond acceptors (Lipinski definition) is 6. The van der Waals surface area contributed by atoms with Gasteiger partial charge in [0.15, 0.2) is 0 Å². The summed E-state index contributed by atoms with van der Waals surface area (Å²) in [6.07, 6.45) is 2.91. The summed E-state index contributed by atoms with van der Waals surface area (Å²) in [6.45, 7) is -0.156. The van der Waals surface area contributed by atoms with Gasteiger partial charge in [-0.05, 0) is 0 Å². The molecule has 2 aromatic heterocycles. The van der Waals surface area contributed by atoms with E-state index >= 15 is 0 Å². The molecule has 0 fully saturated rings. The Morgan fingerprint density at radius 3 is 3.13 bits per heavy atom. The molecule has 0 aliphatic carbocycles. The van der Waals surface area contributed by atoms with Crippen LogP contribution >= 0.6 is 0 Å². The van der Waals surface area contributed by atoms with Crippen LogP contribution in [-0.2, 0) is 4.79 Å². The van der Waals surface area contributed by atoms with Crippen LogP contribution in [0.25, 0.3) is 11.1 Å². The molecule has 0 aliphatic rings. The fraction of sp³-hybridized carbons (Fsp3) is 0.250. The van der Waals surface area contributed by atoms with E-state index in [0.717, 1.165) is 0 Å². The van der Waals surface area contributed by atoms with Gasteiger partial charge in [0.1, 0.15) is 12.1 Å². The molecule has 0 atom stereocenters. The Morgan fingerprint density at radius 2 is 2.40 bits per heavy atom. The van der Waals surface area contributed by atoms with Crippen molar-refractivity contribution in [3.8, 4) is 0 Å². The highest BCUT2D eigenvalue weighted by molar-refractivity contribution is 5.74. The molecule has 15 heavy (non-hydrogen) atoms. The third kappa shape index (κ3) is 1.85. The Bertz CT molecular complexity index is 495. The van der Waals surface area contributed by atoms with Crippen molar-refractivity contribution >= 4 is 23.0 Å². The van der Waals surface area contributed by atoms with Gasteiger partial charge in [-0.15, -0.1) is 0 Å². The number of nitrogens with zero attached hydrogens (tertiary/aromatic N) is 4. The molecular formula is C8H8N4O3. The summed E-state index contributed by atoms with van der Waals surface area (Å²) in [5, 5.41) is 12.1. The van der Waals surface area contributed by atoms with Crippen molar-refractivity contribution in [2.45, 2.75) is 0 Å². The monoisotopic (exact) mass is 208 g/mol. The van der Waals surface area contributed by atoms with Crippen LogP contribution in [0.15, 0.2) is 16.9 Å². The summed E-state index contributed by atoms with van der Waals surface area (Å²) >= 11 is 0. The molecule has 78 valence electrons. The van der Waals surface area contributed by atoms with Crippen molar-refractivity contribution in [2.24, 2.45) is 0 Å². The highest BCUT2D eigenvalue weighted by atomic mass is 16.5. The number of carboxylic acid groups (broad SMARTS) is 1. The minimum Gasteiger partial charge on any atom is -0.480 e. The first kappa shape index (κ1) is 9.38. The van der Waals surface area contributed by atoms with Gasteiger partial charge in [-0.25, -0.2) is 9.97 Å². The molecule has 0 saturated carbocycles. The second kappa shape index (κ2) is 3.52. The number of aliphatic carboxylic acids is 1. The summed E-state index contributed by atoms with van der Waals surface area (Å²) in [4.78, 5) is 19.9. The van der Waals surface area contributed by atoms with E-state index in [4.69, 9.17) is 9.63 Å². The van der Waals surface area contributed by atoms with Gasteiger partial charge in [0, 0.05) is 7.05 Å². The van der Waals surface area contributed by atoms with E-state index in [0.29, 0.717) is 17.0 Å². The van der Waals surface area contributed by atoms with E-state index < -0.39 is 5.97 Å². The first-order valence-electron chi connectivity index (χ1n) is 4.17. The van der Waals surface area contributed by atoms with Gasteiger partial charge in [-0.3, -0.25) is 4.79 Å². The molecule has 0 aliphatic heterocycles.